The van der Waals surface area contributed by atoms with Crippen molar-refractivity contribution in [3.63, 3.8) is 0 Å². The molecular weight excluding hydrogens is 443 g/mol. The molecule has 6 nitrogen and oxygen atoms in total. The first-order valence-corrected chi connectivity index (χ1v) is 10.4. The van der Waals surface area contributed by atoms with Gasteiger partial charge in [0.15, 0.2) is 6.61 Å². The Bertz CT molecular complexity index is 1090. The van der Waals surface area contributed by atoms with Crippen LogP contribution in [-0.2, 0) is 9.59 Å². The summed E-state index contributed by atoms with van der Waals surface area (Å²) in [4.78, 5) is 37.9. The summed E-state index contributed by atoms with van der Waals surface area (Å²) >= 11 is 7.06. The van der Waals surface area contributed by atoms with Crippen LogP contribution in [0.3, 0.4) is 0 Å². The molecule has 9 heteroatoms. The molecule has 0 aromatic heterocycles. The van der Waals surface area contributed by atoms with Crippen LogP contribution in [0.1, 0.15) is 12.5 Å². The molecule has 1 aliphatic heterocycles. The maximum atomic E-state index is 13.6. The molecule has 3 rings (SSSR count). The molecule has 0 radical (unpaired) electrons. The predicted molar refractivity (Wildman–Crippen MR) is 119 cm³/mol. The van der Waals surface area contributed by atoms with Crippen LogP contribution in [0.2, 0.25) is 5.02 Å². The number of rotatable bonds is 7. The Morgan fingerprint density at radius 2 is 2.06 bits per heavy atom. The largest absolute Gasteiger partial charge is 0.482 e. The van der Waals surface area contributed by atoms with Gasteiger partial charge in [-0.1, -0.05) is 35.9 Å². The monoisotopic (exact) mass is 460 g/mol. The standard InChI is InChI=1S/C22H18ClFN2O4S/c1-3-13(2)26-21(28)19(31-22(26)29)11-14-8-9-18(15(23)10-14)30-12-20(27)25-17-7-5-4-6-16(17)24/h3-11,13H,1,12H2,2H3,(H,25,27)/b19-11-/t13-/m0/s1. The van der Waals surface area contributed by atoms with E-state index >= 15 is 0 Å². The Labute approximate surface area is 187 Å². The number of thioether (sulfide) groups is 1. The molecule has 1 atom stereocenters. The van der Waals surface area contributed by atoms with Crippen molar-refractivity contribution >= 4 is 52.2 Å². The second kappa shape index (κ2) is 9.80. The van der Waals surface area contributed by atoms with Gasteiger partial charge in [0.05, 0.1) is 21.7 Å². The van der Waals surface area contributed by atoms with Crippen molar-refractivity contribution in [2.75, 3.05) is 11.9 Å². The molecule has 2 aromatic rings. The van der Waals surface area contributed by atoms with E-state index in [0.717, 1.165) is 16.7 Å². The van der Waals surface area contributed by atoms with Gasteiger partial charge in [-0.15, -0.1) is 6.58 Å². The van der Waals surface area contributed by atoms with Gasteiger partial charge < -0.3 is 10.1 Å². The molecule has 0 saturated carbocycles. The van der Waals surface area contributed by atoms with Crippen LogP contribution in [0.15, 0.2) is 60.0 Å². The molecule has 31 heavy (non-hydrogen) atoms. The van der Waals surface area contributed by atoms with E-state index in [4.69, 9.17) is 16.3 Å². The Balaban J connectivity index is 1.65. The van der Waals surface area contributed by atoms with Gasteiger partial charge in [0, 0.05) is 0 Å². The van der Waals surface area contributed by atoms with Gasteiger partial charge in [0.1, 0.15) is 11.6 Å². The van der Waals surface area contributed by atoms with Gasteiger partial charge in [-0.2, -0.15) is 0 Å². The van der Waals surface area contributed by atoms with Crippen molar-refractivity contribution in [1.82, 2.24) is 4.90 Å². The number of anilines is 1. The van der Waals surface area contributed by atoms with Gasteiger partial charge in [-0.3, -0.25) is 19.3 Å². The SMILES string of the molecule is C=C[C@H](C)N1C(=O)S/C(=C\c2ccc(OCC(=O)Nc3ccccc3F)c(Cl)c2)C1=O. The molecule has 0 spiro atoms. The highest BCUT2D eigenvalue weighted by atomic mass is 35.5. The van der Waals surface area contributed by atoms with E-state index in [1.54, 1.807) is 37.3 Å². The van der Waals surface area contributed by atoms with Gasteiger partial charge >= 0.3 is 0 Å². The van der Waals surface area contributed by atoms with Crippen LogP contribution < -0.4 is 10.1 Å². The minimum atomic E-state index is -0.551. The third kappa shape index (κ3) is 5.34. The molecular formula is C22H18ClFN2O4S. The number of halogens is 2. The molecule has 160 valence electrons. The topological polar surface area (TPSA) is 75.7 Å². The number of hydrogen-bond acceptors (Lipinski definition) is 5. The van der Waals surface area contributed by atoms with Gasteiger partial charge in [0.25, 0.3) is 17.1 Å². The smallest absolute Gasteiger partial charge is 0.294 e. The molecule has 2 aromatic carbocycles. The van der Waals surface area contributed by atoms with E-state index in [9.17, 15) is 18.8 Å². The highest BCUT2D eigenvalue weighted by molar-refractivity contribution is 8.18. The average molecular weight is 461 g/mol. The van der Waals surface area contributed by atoms with Crippen molar-refractivity contribution < 1.29 is 23.5 Å². The van der Waals surface area contributed by atoms with Crippen LogP contribution in [-0.4, -0.2) is 34.6 Å². The summed E-state index contributed by atoms with van der Waals surface area (Å²) in [6.07, 6.45) is 3.08. The number of benzene rings is 2. The number of amides is 3. The molecule has 3 amide bonds. The lowest BCUT2D eigenvalue weighted by atomic mass is 10.2. The quantitative estimate of drug-likeness (QED) is 0.459. The highest BCUT2D eigenvalue weighted by Gasteiger charge is 2.37. The number of nitrogens with zero attached hydrogens (tertiary/aromatic N) is 1. The number of carbonyl (C=O) groups excluding carboxylic acids is 3. The van der Waals surface area contributed by atoms with Crippen LogP contribution in [0, 0.1) is 5.82 Å². The molecule has 1 heterocycles. The number of imide groups is 1. The Kier molecular flexibility index (Phi) is 7.14. The van der Waals surface area contributed by atoms with Crippen LogP contribution in [0.5, 0.6) is 5.75 Å². The average Bonchev–Trinajstić information content (AvgIpc) is 3.01. The highest BCUT2D eigenvalue weighted by Crippen LogP contribution is 2.35. The Morgan fingerprint density at radius 1 is 1.32 bits per heavy atom. The first-order valence-electron chi connectivity index (χ1n) is 9.16. The molecule has 0 bridgehead atoms. The van der Waals surface area contributed by atoms with E-state index in [0.29, 0.717) is 5.56 Å². The summed E-state index contributed by atoms with van der Waals surface area (Å²) in [5.74, 6) is -1.25. The lowest BCUT2D eigenvalue weighted by molar-refractivity contribution is -0.123. The maximum Gasteiger partial charge on any atom is 0.294 e. The van der Waals surface area contributed by atoms with Crippen molar-refractivity contribution in [2.45, 2.75) is 13.0 Å². The first kappa shape index (κ1) is 22.6. The lowest BCUT2D eigenvalue weighted by Crippen LogP contribution is -2.35. The van der Waals surface area contributed by atoms with Crippen LogP contribution in [0.4, 0.5) is 14.9 Å². The van der Waals surface area contributed by atoms with E-state index < -0.39 is 23.7 Å². The fourth-order valence-electron chi connectivity index (χ4n) is 2.70. The van der Waals surface area contributed by atoms with Crippen molar-refractivity contribution in [2.24, 2.45) is 0 Å². The number of ether oxygens (including phenoxy) is 1. The summed E-state index contributed by atoms with van der Waals surface area (Å²) in [7, 11) is 0. The number of para-hydroxylation sites is 1. The summed E-state index contributed by atoms with van der Waals surface area (Å²) < 4.78 is 19.0. The Hall–Kier alpha value is -3.10. The molecule has 1 fully saturated rings. The van der Waals surface area contributed by atoms with Gasteiger partial charge in [0.2, 0.25) is 0 Å². The molecule has 1 N–H and O–H groups in total. The minimum Gasteiger partial charge on any atom is -0.482 e. The second-order valence-electron chi connectivity index (χ2n) is 6.53. The van der Waals surface area contributed by atoms with Crippen LogP contribution in [0.25, 0.3) is 6.08 Å². The molecule has 1 saturated heterocycles. The third-order valence-corrected chi connectivity index (χ3v) is 5.51. The zero-order valence-corrected chi connectivity index (χ0v) is 18.0. The van der Waals surface area contributed by atoms with E-state index in [-0.39, 0.29) is 33.2 Å². The normalized spacial score (nSPS) is 15.8. The molecule has 0 unspecified atom stereocenters. The Morgan fingerprint density at radius 3 is 2.74 bits per heavy atom. The molecule has 0 aliphatic carbocycles. The fraction of sp³-hybridized carbons (Fsp3) is 0.136. The van der Waals surface area contributed by atoms with E-state index in [1.165, 1.54) is 24.3 Å². The number of hydrogen-bond donors (Lipinski definition) is 1. The second-order valence-corrected chi connectivity index (χ2v) is 7.93. The number of nitrogens with one attached hydrogen (secondary N) is 1. The maximum absolute atomic E-state index is 13.6. The van der Waals surface area contributed by atoms with Gasteiger partial charge in [-0.25, -0.2) is 4.39 Å². The fourth-order valence-corrected chi connectivity index (χ4v) is 3.86. The summed E-state index contributed by atoms with van der Waals surface area (Å²) in [5.41, 5.74) is 0.641. The number of carbonyl (C=O) groups is 3. The van der Waals surface area contributed by atoms with E-state index in [1.807, 2.05) is 0 Å². The summed E-state index contributed by atoms with van der Waals surface area (Å²) in [6, 6.07) is 10.1. The third-order valence-electron chi connectivity index (χ3n) is 4.33. The first-order chi connectivity index (χ1) is 14.8. The van der Waals surface area contributed by atoms with E-state index in [2.05, 4.69) is 11.9 Å². The summed E-state index contributed by atoms with van der Waals surface area (Å²) in [5, 5.41) is 2.26. The zero-order valence-electron chi connectivity index (χ0n) is 16.4. The van der Waals surface area contributed by atoms with Crippen molar-refractivity contribution in [3.8, 4) is 5.75 Å². The molecule has 1 aliphatic rings. The minimum absolute atomic E-state index is 0.0530. The van der Waals surface area contributed by atoms with Crippen LogP contribution >= 0.6 is 23.4 Å². The van der Waals surface area contributed by atoms with Crippen molar-refractivity contribution in [1.29, 1.82) is 0 Å². The lowest BCUT2D eigenvalue weighted by Gasteiger charge is -2.17. The van der Waals surface area contributed by atoms with Gasteiger partial charge in [-0.05, 0) is 54.6 Å². The zero-order chi connectivity index (χ0) is 22.5. The van der Waals surface area contributed by atoms with Crippen molar-refractivity contribution in [3.05, 3.63) is 76.4 Å². The predicted octanol–water partition coefficient (Wildman–Crippen LogP) is 5.11. The summed E-state index contributed by atoms with van der Waals surface area (Å²) in [6.45, 7) is 4.95.